The topological polar surface area (TPSA) is 65.1 Å². The van der Waals surface area contributed by atoms with Gasteiger partial charge in [0.2, 0.25) is 5.43 Å². The standard InChI is InChI=1S/C11H9FN2O2/c1-14-5-8(11(13)16)10(15)7-4-6(12)2-3-9(7)14/h2-5H,1H3,(H2,13,16). The maximum atomic E-state index is 13.0. The fraction of sp³-hybridized carbons (Fsp3) is 0.0909. The van der Waals surface area contributed by atoms with Crippen molar-refractivity contribution in [2.24, 2.45) is 12.8 Å². The van der Waals surface area contributed by atoms with Crippen LogP contribution in [0.2, 0.25) is 0 Å². The fourth-order valence-electron chi connectivity index (χ4n) is 1.64. The number of aromatic nitrogens is 1. The van der Waals surface area contributed by atoms with E-state index in [1.165, 1.54) is 18.3 Å². The van der Waals surface area contributed by atoms with Crippen molar-refractivity contribution < 1.29 is 9.18 Å². The molecule has 0 aliphatic rings. The zero-order valence-electron chi connectivity index (χ0n) is 8.53. The Hall–Kier alpha value is -2.17. The number of halogens is 1. The van der Waals surface area contributed by atoms with Crippen molar-refractivity contribution in [2.75, 3.05) is 0 Å². The first-order chi connectivity index (χ1) is 7.50. The molecule has 2 N–H and O–H groups in total. The molecular weight excluding hydrogens is 211 g/mol. The molecule has 16 heavy (non-hydrogen) atoms. The van der Waals surface area contributed by atoms with E-state index in [9.17, 15) is 14.0 Å². The summed E-state index contributed by atoms with van der Waals surface area (Å²) in [6.07, 6.45) is 1.35. The van der Waals surface area contributed by atoms with Gasteiger partial charge in [0.15, 0.2) is 0 Å². The molecule has 82 valence electrons. The number of nitrogens with zero attached hydrogens (tertiary/aromatic N) is 1. The Morgan fingerprint density at radius 1 is 1.44 bits per heavy atom. The van der Waals surface area contributed by atoms with Crippen molar-refractivity contribution in [3.05, 3.63) is 46.0 Å². The molecule has 4 nitrogen and oxygen atoms in total. The molecule has 0 radical (unpaired) electrons. The van der Waals surface area contributed by atoms with Crippen LogP contribution in [0, 0.1) is 5.82 Å². The van der Waals surface area contributed by atoms with E-state index in [0.29, 0.717) is 5.52 Å². The summed E-state index contributed by atoms with van der Waals surface area (Å²) >= 11 is 0. The van der Waals surface area contributed by atoms with Crippen molar-refractivity contribution in [3.8, 4) is 0 Å². The van der Waals surface area contributed by atoms with E-state index in [2.05, 4.69) is 0 Å². The average Bonchev–Trinajstić information content (AvgIpc) is 2.22. The van der Waals surface area contributed by atoms with Gasteiger partial charge >= 0.3 is 0 Å². The number of primary amides is 1. The second kappa shape index (κ2) is 3.44. The maximum Gasteiger partial charge on any atom is 0.254 e. The number of fused-ring (bicyclic) bond motifs is 1. The summed E-state index contributed by atoms with van der Waals surface area (Å²) < 4.78 is 14.6. The van der Waals surface area contributed by atoms with Crippen LogP contribution in [0.5, 0.6) is 0 Å². The summed E-state index contributed by atoms with van der Waals surface area (Å²) in [5, 5.41) is 0.152. The fourth-order valence-corrected chi connectivity index (χ4v) is 1.64. The average molecular weight is 220 g/mol. The lowest BCUT2D eigenvalue weighted by atomic mass is 10.1. The van der Waals surface area contributed by atoms with Crippen LogP contribution in [0.1, 0.15) is 10.4 Å². The largest absolute Gasteiger partial charge is 0.365 e. The van der Waals surface area contributed by atoms with E-state index in [0.717, 1.165) is 6.07 Å². The van der Waals surface area contributed by atoms with Gasteiger partial charge in [0.1, 0.15) is 11.4 Å². The highest BCUT2D eigenvalue weighted by Crippen LogP contribution is 2.12. The van der Waals surface area contributed by atoms with Crippen LogP contribution in [0.4, 0.5) is 4.39 Å². The molecule has 0 unspecified atom stereocenters. The minimum atomic E-state index is -0.813. The van der Waals surface area contributed by atoms with Crippen LogP contribution in [0.3, 0.4) is 0 Å². The number of benzene rings is 1. The predicted molar refractivity (Wildman–Crippen MR) is 57.7 cm³/mol. The molecule has 5 heteroatoms. The van der Waals surface area contributed by atoms with Crippen LogP contribution in [-0.4, -0.2) is 10.5 Å². The van der Waals surface area contributed by atoms with E-state index < -0.39 is 17.2 Å². The zero-order valence-corrected chi connectivity index (χ0v) is 8.53. The Morgan fingerprint density at radius 3 is 2.75 bits per heavy atom. The summed E-state index contributed by atoms with van der Waals surface area (Å²) in [5.41, 5.74) is 4.94. The molecule has 0 atom stereocenters. The number of pyridine rings is 1. The lowest BCUT2D eigenvalue weighted by Crippen LogP contribution is -2.23. The quantitative estimate of drug-likeness (QED) is 0.771. The summed E-state index contributed by atoms with van der Waals surface area (Å²) in [6, 6.07) is 3.84. The Balaban J connectivity index is 2.98. The van der Waals surface area contributed by atoms with Gasteiger partial charge in [-0.25, -0.2) is 4.39 Å². The monoisotopic (exact) mass is 220 g/mol. The number of nitrogens with two attached hydrogens (primary N) is 1. The first-order valence-corrected chi connectivity index (χ1v) is 4.59. The summed E-state index contributed by atoms with van der Waals surface area (Å²) in [5.74, 6) is -1.34. The molecule has 0 saturated heterocycles. The van der Waals surface area contributed by atoms with E-state index in [-0.39, 0.29) is 10.9 Å². The zero-order chi connectivity index (χ0) is 11.9. The van der Waals surface area contributed by atoms with Crippen molar-refractivity contribution in [1.29, 1.82) is 0 Å². The molecule has 0 spiro atoms. The number of aryl methyl sites for hydroxylation is 1. The van der Waals surface area contributed by atoms with Crippen LogP contribution in [-0.2, 0) is 7.05 Å². The van der Waals surface area contributed by atoms with E-state index in [1.54, 1.807) is 11.6 Å². The van der Waals surface area contributed by atoms with Crippen LogP contribution in [0.15, 0.2) is 29.2 Å². The number of hydrogen-bond acceptors (Lipinski definition) is 2. The summed E-state index contributed by atoms with van der Waals surface area (Å²) in [6.45, 7) is 0. The van der Waals surface area contributed by atoms with E-state index in [1.807, 2.05) is 0 Å². The molecule has 2 rings (SSSR count). The highest BCUT2D eigenvalue weighted by Gasteiger charge is 2.11. The first-order valence-electron chi connectivity index (χ1n) is 4.59. The van der Waals surface area contributed by atoms with Gasteiger partial charge in [-0.2, -0.15) is 0 Å². The molecule has 0 fully saturated rings. The molecule has 1 heterocycles. The summed E-state index contributed by atoms with van der Waals surface area (Å²) in [4.78, 5) is 22.8. The number of carbonyl (C=O) groups excluding carboxylic acids is 1. The Labute approximate surface area is 90.1 Å². The maximum absolute atomic E-state index is 13.0. The number of rotatable bonds is 1. The second-order valence-electron chi connectivity index (χ2n) is 3.51. The molecule has 1 aromatic carbocycles. The van der Waals surface area contributed by atoms with E-state index in [4.69, 9.17) is 5.73 Å². The smallest absolute Gasteiger partial charge is 0.254 e. The second-order valence-corrected chi connectivity index (χ2v) is 3.51. The van der Waals surface area contributed by atoms with Gasteiger partial charge in [-0.3, -0.25) is 9.59 Å². The van der Waals surface area contributed by atoms with Gasteiger partial charge < -0.3 is 10.3 Å². The molecule has 0 aliphatic heterocycles. The van der Waals surface area contributed by atoms with Crippen LogP contribution in [0.25, 0.3) is 10.9 Å². The third-order valence-electron chi connectivity index (χ3n) is 2.42. The van der Waals surface area contributed by atoms with Crippen LogP contribution < -0.4 is 11.2 Å². The highest BCUT2D eigenvalue weighted by molar-refractivity contribution is 5.96. The molecule has 1 aromatic heterocycles. The SMILES string of the molecule is Cn1cc(C(N)=O)c(=O)c2cc(F)ccc21. The Bertz CT molecular complexity index is 646. The Morgan fingerprint density at radius 2 is 2.12 bits per heavy atom. The van der Waals surface area contributed by atoms with Gasteiger partial charge in [0.05, 0.1) is 5.52 Å². The van der Waals surface area contributed by atoms with Crippen molar-refractivity contribution >= 4 is 16.8 Å². The molecule has 1 amide bonds. The third kappa shape index (κ3) is 1.46. The molecule has 0 bridgehead atoms. The number of amides is 1. The lowest BCUT2D eigenvalue weighted by molar-refractivity contribution is 0.0999. The minimum Gasteiger partial charge on any atom is -0.365 e. The molecule has 0 saturated carbocycles. The highest BCUT2D eigenvalue weighted by atomic mass is 19.1. The molecular formula is C11H9FN2O2. The lowest BCUT2D eigenvalue weighted by Gasteiger charge is -2.06. The van der Waals surface area contributed by atoms with Gasteiger partial charge in [0.25, 0.3) is 5.91 Å². The van der Waals surface area contributed by atoms with Crippen molar-refractivity contribution in [3.63, 3.8) is 0 Å². The normalized spacial score (nSPS) is 10.6. The van der Waals surface area contributed by atoms with E-state index >= 15 is 0 Å². The minimum absolute atomic E-state index is 0.138. The molecule has 0 aliphatic carbocycles. The Kier molecular flexibility index (Phi) is 2.23. The van der Waals surface area contributed by atoms with Gasteiger partial charge in [-0.1, -0.05) is 0 Å². The number of carbonyl (C=O) groups is 1. The third-order valence-corrected chi connectivity index (χ3v) is 2.42. The van der Waals surface area contributed by atoms with Crippen LogP contribution >= 0.6 is 0 Å². The van der Waals surface area contributed by atoms with Gasteiger partial charge in [-0.15, -0.1) is 0 Å². The van der Waals surface area contributed by atoms with Crippen molar-refractivity contribution in [2.45, 2.75) is 0 Å². The van der Waals surface area contributed by atoms with Gasteiger partial charge in [0, 0.05) is 18.6 Å². The summed E-state index contributed by atoms with van der Waals surface area (Å²) in [7, 11) is 1.66. The number of hydrogen-bond donors (Lipinski definition) is 1. The molecule has 2 aromatic rings. The predicted octanol–water partition coefficient (Wildman–Crippen LogP) is 0.776. The van der Waals surface area contributed by atoms with Gasteiger partial charge in [-0.05, 0) is 18.2 Å². The first kappa shape index (κ1) is 10.4. The van der Waals surface area contributed by atoms with Crippen molar-refractivity contribution in [1.82, 2.24) is 4.57 Å².